The summed E-state index contributed by atoms with van der Waals surface area (Å²) in [6, 6.07) is 18.1. The minimum absolute atomic E-state index is 0.0160. The normalized spacial score (nSPS) is 11.8. The predicted molar refractivity (Wildman–Crippen MR) is 129 cm³/mol. The van der Waals surface area contributed by atoms with E-state index >= 15 is 0 Å². The van der Waals surface area contributed by atoms with Crippen molar-refractivity contribution in [1.29, 1.82) is 0 Å². The van der Waals surface area contributed by atoms with E-state index in [2.05, 4.69) is 10.6 Å². The molecule has 0 aliphatic heterocycles. The van der Waals surface area contributed by atoms with Crippen LogP contribution >= 0.6 is 0 Å². The summed E-state index contributed by atoms with van der Waals surface area (Å²) in [7, 11) is 0. The van der Waals surface area contributed by atoms with Gasteiger partial charge in [-0.3, -0.25) is 9.59 Å². The molecule has 3 aromatic rings. The van der Waals surface area contributed by atoms with Crippen LogP contribution in [0.1, 0.15) is 50.8 Å². The van der Waals surface area contributed by atoms with Crippen LogP contribution in [0, 0.1) is 13.8 Å². The smallest absolute Gasteiger partial charge is 0.225 e. The maximum atomic E-state index is 12.8. The fourth-order valence-electron chi connectivity index (χ4n) is 3.59. The Hall–Kier alpha value is -3.41. The number of nitrogens with zero attached hydrogens (tertiary/aromatic N) is 2. The van der Waals surface area contributed by atoms with E-state index in [0.29, 0.717) is 18.7 Å². The summed E-state index contributed by atoms with van der Waals surface area (Å²) in [4.78, 5) is 24.8. The van der Waals surface area contributed by atoms with Gasteiger partial charge in [0.2, 0.25) is 11.8 Å². The Kier molecular flexibility index (Phi) is 7.82. The number of benzene rings is 2. The van der Waals surface area contributed by atoms with Crippen LogP contribution < -0.4 is 10.6 Å². The van der Waals surface area contributed by atoms with Gasteiger partial charge in [-0.2, -0.15) is 5.10 Å². The van der Waals surface area contributed by atoms with Gasteiger partial charge in [-0.15, -0.1) is 0 Å². The van der Waals surface area contributed by atoms with Gasteiger partial charge < -0.3 is 10.6 Å². The standard InChI is InChI=1S/C26H32N4O2/c1-5-19(3)27-23(31)15-10-16-24(32)28-26-25(21-12-7-6-8-13-21)20(4)29-30(26)22-14-9-11-18(2)17-22/h6-9,11-14,17,19H,5,10,15-16H2,1-4H3,(H,27,31)(H,28,32). The highest BCUT2D eigenvalue weighted by atomic mass is 16.2. The van der Waals surface area contributed by atoms with Crippen molar-refractivity contribution >= 4 is 17.6 Å². The van der Waals surface area contributed by atoms with E-state index in [1.54, 1.807) is 4.68 Å². The maximum absolute atomic E-state index is 12.8. The number of carbonyl (C=O) groups excluding carboxylic acids is 2. The second kappa shape index (κ2) is 10.8. The average Bonchev–Trinajstić information content (AvgIpc) is 3.09. The van der Waals surface area contributed by atoms with Gasteiger partial charge in [-0.05, 0) is 56.9 Å². The van der Waals surface area contributed by atoms with Crippen molar-refractivity contribution in [3.8, 4) is 16.8 Å². The molecule has 1 unspecified atom stereocenters. The van der Waals surface area contributed by atoms with Crippen LogP contribution in [0.4, 0.5) is 5.82 Å². The highest BCUT2D eigenvalue weighted by Gasteiger charge is 2.20. The van der Waals surface area contributed by atoms with E-state index in [4.69, 9.17) is 5.10 Å². The van der Waals surface area contributed by atoms with Gasteiger partial charge >= 0.3 is 0 Å². The minimum atomic E-state index is -0.132. The first-order valence-corrected chi connectivity index (χ1v) is 11.2. The van der Waals surface area contributed by atoms with Crippen LogP contribution in [0.5, 0.6) is 0 Å². The van der Waals surface area contributed by atoms with E-state index in [0.717, 1.165) is 34.5 Å². The molecule has 2 N–H and O–H groups in total. The molecule has 2 aromatic carbocycles. The van der Waals surface area contributed by atoms with Crippen molar-refractivity contribution in [2.24, 2.45) is 0 Å². The molecule has 168 valence electrons. The average molecular weight is 433 g/mol. The van der Waals surface area contributed by atoms with Crippen molar-refractivity contribution in [1.82, 2.24) is 15.1 Å². The van der Waals surface area contributed by atoms with Crippen LogP contribution in [0.25, 0.3) is 16.8 Å². The first-order chi connectivity index (χ1) is 15.4. The fourth-order valence-corrected chi connectivity index (χ4v) is 3.59. The molecule has 1 atom stereocenters. The van der Waals surface area contributed by atoms with Crippen LogP contribution in [0.2, 0.25) is 0 Å². The molecular weight excluding hydrogens is 400 g/mol. The number of nitrogens with one attached hydrogen (secondary N) is 2. The predicted octanol–water partition coefficient (Wildman–Crippen LogP) is 5.18. The molecule has 0 bridgehead atoms. The summed E-state index contributed by atoms with van der Waals surface area (Å²) in [5, 5.41) is 10.7. The van der Waals surface area contributed by atoms with Crippen molar-refractivity contribution in [2.75, 3.05) is 5.32 Å². The summed E-state index contributed by atoms with van der Waals surface area (Å²) in [6.07, 6.45) is 1.97. The first kappa shape index (κ1) is 23.3. The summed E-state index contributed by atoms with van der Waals surface area (Å²) in [5.74, 6) is 0.499. The zero-order chi connectivity index (χ0) is 23.1. The van der Waals surface area contributed by atoms with E-state index in [1.165, 1.54) is 0 Å². The summed E-state index contributed by atoms with van der Waals surface area (Å²) >= 11 is 0. The van der Waals surface area contributed by atoms with Gasteiger partial charge in [-0.1, -0.05) is 49.4 Å². The van der Waals surface area contributed by atoms with Crippen molar-refractivity contribution < 1.29 is 9.59 Å². The Morgan fingerprint density at radius 2 is 1.72 bits per heavy atom. The number of carbonyl (C=O) groups is 2. The Balaban J connectivity index is 1.82. The van der Waals surface area contributed by atoms with Crippen molar-refractivity contribution in [3.05, 3.63) is 65.9 Å². The molecule has 1 heterocycles. The molecule has 0 saturated heterocycles. The molecule has 0 aliphatic carbocycles. The number of rotatable bonds is 9. The Labute approximate surface area is 190 Å². The van der Waals surface area contributed by atoms with Gasteiger partial charge in [0.25, 0.3) is 0 Å². The molecule has 2 amide bonds. The lowest BCUT2D eigenvalue weighted by molar-refractivity contribution is -0.122. The SMILES string of the molecule is CCC(C)NC(=O)CCCC(=O)Nc1c(-c2ccccc2)c(C)nn1-c1cccc(C)c1. The number of hydrogen-bond donors (Lipinski definition) is 2. The van der Waals surface area contributed by atoms with E-state index in [9.17, 15) is 9.59 Å². The Morgan fingerprint density at radius 1 is 1.00 bits per heavy atom. The van der Waals surface area contributed by atoms with Gasteiger partial charge in [0.1, 0.15) is 5.82 Å². The van der Waals surface area contributed by atoms with E-state index < -0.39 is 0 Å². The van der Waals surface area contributed by atoms with Crippen LogP contribution in [0.3, 0.4) is 0 Å². The van der Waals surface area contributed by atoms with Crippen molar-refractivity contribution in [2.45, 2.75) is 59.4 Å². The Morgan fingerprint density at radius 3 is 2.41 bits per heavy atom. The largest absolute Gasteiger partial charge is 0.354 e. The number of amides is 2. The number of anilines is 1. The third kappa shape index (κ3) is 5.84. The molecule has 0 radical (unpaired) electrons. The lowest BCUT2D eigenvalue weighted by Crippen LogP contribution is -2.31. The highest BCUT2D eigenvalue weighted by molar-refractivity contribution is 5.95. The zero-order valence-corrected chi connectivity index (χ0v) is 19.3. The van der Waals surface area contributed by atoms with Crippen LogP contribution in [-0.2, 0) is 9.59 Å². The van der Waals surface area contributed by atoms with Crippen LogP contribution in [0.15, 0.2) is 54.6 Å². The van der Waals surface area contributed by atoms with Crippen molar-refractivity contribution in [3.63, 3.8) is 0 Å². The zero-order valence-electron chi connectivity index (χ0n) is 19.3. The fraction of sp³-hybridized carbons (Fsp3) is 0.346. The second-order valence-electron chi connectivity index (χ2n) is 8.20. The molecule has 0 spiro atoms. The first-order valence-electron chi connectivity index (χ1n) is 11.2. The van der Waals surface area contributed by atoms with Gasteiger partial charge in [0.05, 0.1) is 11.4 Å². The number of aryl methyl sites for hydroxylation is 2. The summed E-state index contributed by atoms with van der Waals surface area (Å²) in [5.41, 5.74) is 4.73. The maximum Gasteiger partial charge on any atom is 0.225 e. The lowest BCUT2D eigenvalue weighted by Gasteiger charge is -2.13. The minimum Gasteiger partial charge on any atom is -0.354 e. The van der Waals surface area contributed by atoms with Gasteiger partial charge in [-0.25, -0.2) is 4.68 Å². The van der Waals surface area contributed by atoms with Gasteiger partial charge in [0.15, 0.2) is 0 Å². The quantitative estimate of drug-likeness (QED) is 0.489. The summed E-state index contributed by atoms with van der Waals surface area (Å²) < 4.78 is 1.79. The van der Waals surface area contributed by atoms with Gasteiger partial charge in [0, 0.05) is 24.4 Å². The third-order valence-electron chi connectivity index (χ3n) is 5.45. The number of hydrogen-bond acceptors (Lipinski definition) is 3. The van der Waals surface area contributed by atoms with E-state index in [-0.39, 0.29) is 24.3 Å². The second-order valence-corrected chi connectivity index (χ2v) is 8.20. The molecule has 6 nitrogen and oxygen atoms in total. The molecular formula is C26H32N4O2. The lowest BCUT2D eigenvalue weighted by atomic mass is 10.1. The molecule has 0 fully saturated rings. The number of aromatic nitrogens is 2. The molecule has 32 heavy (non-hydrogen) atoms. The molecule has 1 aromatic heterocycles. The third-order valence-corrected chi connectivity index (χ3v) is 5.45. The molecule has 0 aliphatic rings. The highest BCUT2D eigenvalue weighted by Crippen LogP contribution is 2.33. The van der Waals surface area contributed by atoms with Crippen LogP contribution in [-0.4, -0.2) is 27.6 Å². The molecule has 0 saturated carbocycles. The summed E-state index contributed by atoms with van der Waals surface area (Å²) in [6.45, 7) is 7.98. The monoisotopic (exact) mass is 432 g/mol. The topological polar surface area (TPSA) is 76.0 Å². The van der Waals surface area contributed by atoms with E-state index in [1.807, 2.05) is 82.3 Å². The molecule has 3 rings (SSSR count). The molecule has 6 heteroatoms. The Bertz CT molecular complexity index is 1070.